The molecule has 1 atom stereocenters. The Hall–Kier alpha value is -2.78. The number of amides is 1. The van der Waals surface area contributed by atoms with E-state index in [1.54, 1.807) is 44.6 Å². The zero-order valence-corrected chi connectivity index (χ0v) is 19.5. The Morgan fingerprint density at radius 3 is 2.47 bits per heavy atom. The van der Waals surface area contributed by atoms with Gasteiger partial charge in [-0.1, -0.05) is 6.07 Å². The summed E-state index contributed by atoms with van der Waals surface area (Å²) in [7, 11) is -0.554. The second-order valence-electron chi connectivity index (χ2n) is 7.51. The van der Waals surface area contributed by atoms with Crippen LogP contribution in [0.15, 0.2) is 47.4 Å². The van der Waals surface area contributed by atoms with Gasteiger partial charge in [0.15, 0.2) is 11.5 Å². The number of carbonyl (C=O) groups excluding carboxylic acids is 1. The number of piperidine rings is 1. The van der Waals surface area contributed by atoms with Crippen molar-refractivity contribution < 1.29 is 27.4 Å². The highest BCUT2D eigenvalue weighted by molar-refractivity contribution is 7.89. The summed E-state index contributed by atoms with van der Waals surface area (Å²) >= 11 is 0. The zero-order valence-electron chi connectivity index (χ0n) is 18.7. The van der Waals surface area contributed by atoms with Gasteiger partial charge in [0, 0.05) is 19.6 Å². The fourth-order valence-corrected chi connectivity index (χ4v) is 5.25. The molecule has 0 spiro atoms. The first-order chi connectivity index (χ1) is 15.4. The minimum atomic E-state index is -3.68. The van der Waals surface area contributed by atoms with Gasteiger partial charge in [-0.2, -0.15) is 4.31 Å². The molecular formula is C23H30N2O6S. The van der Waals surface area contributed by atoms with Gasteiger partial charge in [-0.15, -0.1) is 0 Å². The monoisotopic (exact) mass is 462 g/mol. The number of nitrogens with one attached hydrogen (secondary N) is 1. The van der Waals surface area contributed by atoms with Crippen LogP contribution in [0.5, 0.6) is 17.2 Å². The van der Waals surface area contributed by atoms with Crippen LogP contribution in [-0.4, -0.2) is 52.5 Å². The third kappa shape index (κ3) is 5.52. The maximum atomic E-state index is 13.1. The van der Waals surface area contributed by atoms with Gasteiger partial charge in [0.1, 0.15) is 5.75 Å². The van der Waals surface area contributed by atoms with Gasteiger partial charge < -0.3 is 19.5 Å². The number of sulfonamides is 1. The van der Waals surface area contributed by atoms with E-state index < -0.39 is 15.9 Å². The summed E-state index contributed by atoms with van der Waals surface area (Å²) in [5.74, 6) is 1.26. The number of ether oxygens (including phenoxy) is 3. The average molecular weight is 463 g/mol. The molecule has 1 aliphatic rings. The normalized spacial score (nSPS) is 16.9. The van der Waals surface area contributed by atoms with Crippen molar-refractivity contribution in [1.82, 2.24) is 9.62 Å². The van der Waals surface area contributed by atoms with E-state index in [0.717, 1.165) is 5.56 Å². The van der Waals surface area contributed by atoms with E-state index >= 15 is 0 Å². The molecule has 32 heavy (non-hydrogen) atoms. The molecule has 1 heterocycles. The molecule has 2 aromatic rings. The van der Waals surface area contributed by atoms with Crippen molar-refractivity contribution in [3.63, 3.8) is 0 Å². The summed E-state index contributed by atoms with van der Waals surface area (Å²) < 4.78 is 43.4. The Morgan fingerprint density at radius 1 is 1.09 bits per heavy atom. The Morgan fingerprint density at radius 2 is 1.81 bits per heavy atom. The van der Waals surface area contributed by atoms with Crippen LogP contribution in [0.4, 0.5) is 0 Å². The van der Waals surface area contributed by atoms with Crippen molar-refractivity contribution in [1.29, 1.82) is 0 Å². The van der Waals surface area contributed by atoms with E-state index in [-0.39, 0.29) is 17.3 Å². The molecule has 0 aromatic heterocycles. The lowest BCUT2D eigenvalue weighted by Gasteiger charge is -2.31. The first kappa shape index (κ1) is 23.9. The minimum Gasteiger partial charge on any atom is -0.494 e. The summed E-state index contributed by atoms with van der Waals surface area (Å²) in [6.07, 6.45) is 1.28. The maximum absolute atomic E-state index is 13.1. The van der Waals surface area contributed by atoms with E-state index in [4.69, 9.17) is 14.2 Å². The number of nitrogens with zero attached hydrogens (tertiary/aromatic N) is 1. The topological polar surface area (TPSA) is 94.2 Å². The van der Waals surface area contributed by atoms with Crippen LogP contribution in [0.25, 0.3) is 0 Å². The largest absolute Gasteiger partial charge is 0.494 e. The van der Waals surface area contributed by atoms with Gasteiger partial charge in [-0.05, 0) is 61.7 Å². The maximum Gasteiger partial charge on any atom is 0.243 e. The lowest BCUT2D eigenvalue weighted by molar-refractivity contribution is -0.126. The van der Waals surface area contributed by atoms with Crippen LogP contribution in [0.2, 0.25) is 0 Å². The molecule has 174 valence electrons. The van der Waals surface area contributed by atoms with Crippen LogP contribution in [0.3, 0.4) is 0 Å². The summed E-state index contributed by atoms with van der Waals surface area (Å²) in [5.41, 5.74) is 0.866. The summed E-state index contributed by atoms with van der Waals surface area (Å²) in [6, 6.07) is 11.8. The number of hydrogen-bond donors (Lipinski definition) is 1. The molecule has 1 unspecified atom stereocenters. The molecule has 1 saturated heterocycles. The lowest BCUT2D eigenvalue weighted by atomic mass is 9.98. The van der Waals surface area contributed by atoms with Crippen LogP contribution in [0.1, 0.15) is 25.3 Å². The minimum absolute atomic E-state index is 0.160. The molecule has 1 fully saturated rings. The van der Waals surface area contributed by atoms with Gasteiger partial charge in [0.2, 0.25) is 15.9 Å². The number of benzene rings is 2. The number of methoxy groups -OCH3 is 2. The van der Waals surface area contributed by atoms with Gasteiger partial charge >= 0.3 is 0 Å². The second-order valence-corrected chi connectivity index (χ2v) is 9.45. The van der Waals surface area contributed by atoms with Crippen molar-refractivity contribution in [3.8, 4) is 17.2 Å². The molecule has 0 aliphatic carbocycles. The lowest BCUT2D eigenvalue weighted by Crippen LogP contribution is -2.45. The summed E-state index contributed by atoms with van der Waals surface area (Å²) in [5, 5.41) is 2.92. The van der Waals surface area contributed by atoms with Crippen molar-refractivity contribution in [2.24, 2.45) is 5.92 Å². The van der Waals surface area contributed by atoms with E-state index in [1.165, 1.54) is 4.31 Å². The Labute approximate surface area is 189 Å². The fraction of sp³-hybridized carbons (Fsp3) is 0.435. The smallest absolute Gasteiger partial charge is 0.243 e. The van der Waals surface area contributed by atoms with Crippen molar-refractivity contribution >= 4 is 15.9 Å². The highest BCUT2D eigenvalue weighted by atomic mass is 32.2. The molecule has 1 N–H and O–H groups in total. The Bertz CT molecular complexity index is 1020. The second kappa shape index (κ2) is 10.7. The molecule has 8 nitrogen and oxygen atoms in total. The number of hydrogen-bond acceptors (Lipinski definition) is 6. The summed E-state index contributed by atoms with van der Waals surface area (Å²) in [4.78, 5) is 13.0. The van der Waals surface area contributed by atoms with Crippen LogP contribution in [-0.2, 0) is 21.4 Å². The van der Waals surface area contributed by atoms with Crippen LogP contribution in [0, 0.1) is 5.92 Å². The standard InChI is InChI=1S/C23H30N2O6S/c1-4-31-19-8-10-20(11-9-19)32(27,28)25-13-5-6-18(16-25)23(26)24-15-17-7-12-21(29-2)22(14-17)30-3/h7-12,14,18H,4-6,13,15-16H2,1-3H3,(H,24,26). The summed E-state index contributed by atoms with van der Waals surface area (Å²) in [6.45, 7) is 3.26. The highest BCUT2D eigenvalue weighted by Crippen LogP contribution is 2.28. The third-order valence-corrected chi connectivity index (χ3v) is 7.32. The van der Waals surface area contributed by atoms with Gasteiger partial charge in [-0.25, -0.2) is 8.42 Å². The average Bonchev–Trinajstić information content (AvgIpc) is 2.83. The molecule has 1 aliphatic heterocycles. The SMILES string of the molecule is CCOc1ccc(S(=O)(=O)N2CCCC(C(=O)NCc3ccc(OC)c(OC)c3)C2)cc1. The van der Waals surface area contributed by atoms with E-state index in [1.807, 2.05) is 19.1 Å². The van der Waals surface area contributed by atoms with Crippen molar-refractivity contribution in [2.45, 2.75) is 31.2 Å². The van der Waals surface area contributed by atoms with Crippen molar-refractivity contribution in [2.75, 3.05) is 33.9 Å². The first-order valence-electron chi connectivity index (χ1n) is 10.6. The van der Waals surface area contributed by atoms with Gasteiger partial charge in [-0.3, -0.25) is 4.79 Å². The molecule has 0 saturated carbocycles. The van der Waals surface area contributed by atoms with Gasteiger partial charge in [0.25, 0.3) is 0 Å². The number of rotatable bonds is 9. The van der Waals surface area contributed by atoms with Gasteiger partial charge in [0.05, 0.1) is 31.6 Å². The molecule has 9 heteroatoms. The van der Waals surface area contributed by atoms with Crippen molar-refractivity contribution in [3.05, 3.63) is 48.0 Å². The Kier molecular flexibility index (Phi) is 7.98. The number of carbonyl (C=O) groups is 1. The molecule has 0 bridgehead atoms. The highest BCUT2D eigenvalue weighted by Gasteiger charge is 2.33. The molecule has 2 aromatic carbocycles. The quantitative estimate of drug-likeness (QED) is 0.616. The molecular weight excluding hydrogens is 432 g/mol. The molecule has 1 amide bonds. The van der Waals surface area contributed by atoms with E-state index in [9.17, 15) is 13.2 Å². The van der Waals surface area contributed by atoms with Crippen LogP contribution < -0.4 is 19.5 Å². The predicted molar refractivity (Wildman–Crippen MR) is 120 cm³/mol. The van der Waals surface area contributed by atoms with E-state index in [0.29, 0.717) is 49.8 Å². The first-order valence-corrected chi connectivity index (χ1v) is 12.0. The molecule has 3 rings (SSSR count). The predicted octanol–water partition coefficient (Wildman–Crippen LogP) is 2.82. The third-order valence-electron chi connectivity index (χ3n) is 5.44. The fourth-order valence-electron chi connectivity index (χ4n) is 3.72. The molecule has 0 radical (unpaired) electrons. The zero-order chi connectivity index (χ0) is 23.1. The Balaban J connectivity index is 1.63. The van der Waals surface area contributed by atoms with E-state index in [2.05, 4.69) is 5.32 Å². The van der Waals surface area contributed by atoms with Crippen LogP contribution >= 0.6 is 0 Å².